The maximum Gasteiger partial charge on any atom is 0.331 e. The number of pyridine rings is 1. The summed E-state index contributed by atoms with van der Waals surface area (Å²) in [4.78, 5) is 48.8. The van der Waals surface area contributed by atoms with Crippen LogP contribution in [0.15, 0.2) is 47.7 Å². The number of carboxylic acids is 4. The smallest absolute Gasteiger partial charge is 0.331 e. The van der Waals surface area contributed by atoms with Crippen LogP contribution in [0.5, 0.6) is 0 Å². The molecule has 0 bridgehead atoms. The summed E-state index contributed by atoms with van der Waals surface area (Å²) in [6.45, 7) is 9.28. The molecule has 39 heavy (non-hydrogen) atoms. The van der Waals surface area contributed by atoms with Gasteiger partial charge in [-0.05, 0) is 38.8 Å². The Hall–Kier alpha value is -3.77. The number of hydrogen-bond acceptors (Lipinski definition) is 8. The van der Waals surface area contributed by atoms with E-state index in [2.05, 4.69) is 32.2 Å². The van der Waals surface area contributed by atoms with Gasteiger partial charge in [0.1, 0.15) is 5.82 Å². The van der Waals surface area contributed by atoms with Gasteiger partial charge in [0.25, 0.3) is 0 Å². The summed E-state index contributed by atoms with van der Waals surface area (Å²) >= 11 is 0. The Bertz CT molecular complexity index is 943. The van der Waals surface area contributed by atoms with E-state index >= 15 is 0 Å². The molecule has 3 rings (SSSR count). The Morgan fingerprint density at radius 3 is 1.82 bits per heavy atom. The molecule has 0 spiro atoms. The first-order valence-electron chi connectivity index (χ1n) is 12.9. The van der Waals surface area contributed by atoms with Gasteiger partial charge in [-0.3, -0.25) is 4.90 Å². The number of rotatable bonds is 9. The quantitative estimate of drug-likeness (QED) is 0.285. The molecule has 0 radical (unpaired) electrons. The van der Waals surface area contributed by atoms with E-state index in [1.807, 2.05) is 12.3 Å². The highest BCUT2D eigenvalue weighted by molar-refractivity contribution is 5.94. The fourth-order valence-corrected chi connectivity index (χ4v) is 3.97. The van der Waals surface area contributed by atoms with Gasteiger partial charge in [-0.1, -0.05) is 25.3 Å². The van der Waals surface area contributed by atoms with Crippen molar-refractivity contribution in [1.82, 2.24) is 15.2 Å². The maximum atomic E-state index is 9.90. The van der Waals surface area contributed by atoms with E-state index in [9.17, 15) is 19.2 Å². The van der Waals surface area contributed by atoms with E-state index in [4.69, 9.17) is 20.4 Å². The van der Waals surface area contributed by atoms with E-state index in [1.165, 1.54) is 52.5 Å². The standard InChI is InChI=1S/C17H28N4.2C5H6O4/c1-2-6-16(7-3-1)18-10-11-20-12-14-21(15-13-20)17-8-4-5-9-19-17;2*1-3(5(8)9)2-4(6)7/h4-5,8-9,16,18H,1-3,6-7,10-15H2;2*2H,1H3,(H,6,7)(H,8,9)/b;2*3-2-. The highest BCUT2D eigenvalue weighted by atomic mass is 16.4. The van der Waals surface area contributed by atoms with Crippen LogP contribution >= 0.6 is 0 Å². The predicted molar refractivity (Wildman–Crippen MR) is 146 cm³/mol. The molecule has 1 aromatic heterocycles. The number of carbonyl (C=O) groups is 4. The monoisotopic (exact) mass is 548 g/mol. The molecule has 0 unspecified atom stereocenters. The summed E-state index contributed by atoms with van der Waals surface area (Å²) in [6, 6.07) is 6.95. The second-order valence-electron chi connectivity index (χ2n) is 9.25. The van der Waals surface area contributed by atoms with Crippen molar-refractivity contribution in [3.8, 4) is 0 Å². The highest BCUT2D eigenvalue weighted by Gasteiger charge is 2.18. The molecule has 12 nitrogen and oxygen atoms in total. The third-order valence-corrected chi connectivity index (χ3v) is 6.17. The molecule has 1 aromatic rings. The van der Waals surface area contributed by atoms with E-state index in [0.29, 0.717) is 12.2 Å². The predicted octanol–water partition coefficient (Wildman–Crippen LogP) is 2.33. The minimum atomic E-state index is -1.24. The van der Waals surface area contributed by atoms with Crippen molar-refractivity contribution in [2.75, 3.05) is 44.2 Å². The molecule has 1 saturated heterocycles. The SMILES string of the molecule is C/C(=C/C(=O)O)C(=O)O.C/C(=C/C(=O)O)C(=O)O.c1ccc(N2CCN(CCNC3CCCCC3)CC2)nc1. The summed E-state index contributed by atoms with van der Waals surface area (Å²) in [5.74, 6) is -3.78. The van der Waals surface area contributed by atoms with Crippen LogP contribution in [-0.2, 0) is 19.2 Å². The number of aromatic nitrogens is 1. The molecule has 12 heteroatoms. The Morgan fingerprint density at radius 2 is 1.41 bits per heavy atom. The van der Waals surface area contributed by atoms with Gasteiger partial charge in [0.15, 0.2) is 0 Å². The fraction of sp³-hybridized carbons (Fsp3) is 0.519. The van der Waals surface area contributed by atoms with Gasteiger partial charge in [0.2, 0.25) is 0 Å². The van der Waals surface area contributed by atoms with Crippen LogP contribution in [0, 0.1) is 0 Å². The lowest BCUT2D eigenvalue weighted by Gasteiger charge is -2.35. The van der Waals surface area contributed by atoms with Crippen LogP contribution in [0.25, 0.3) is 0 Å². The van der Waals surface area contributed by atoms with Crippen molar-refractivity contribution in [2.45, 2.75) is 52.0 Å². The summed E-state index contributed by atoms with van der Waals surface area (Å²) in [7, 11) is 0. The maximum absolute atomic E-state index is 9.90. The van der Waals surface area contributed by atoms with Gasteiger partial charge in [0, 0.05) is 74.8 Å². The first-order chi connectivity index (χ1) is 18.5. The molecule has 2 heterocycles. The zero-order valence-corrected chi connectivity index (χ0v) is 22.6. The molecule has 216 valence electrons. The van der Waals surface area contributed by atoms with Gasteiger partial charge in [0.05, 0.1) is 0 Å². The molecule has 1 aliphatic carbocycles. The molecular weight excluding hydrogens is 508 g/mol. The molecule has 2 fully saturated rings. The van der Waals surface area contributed by atoms with Gasteiger partial charge in [-0.2, -0.15) is 0 Å². The molecule has 0 amide bonds. The lowest BCUT2D eigenvalue weighted by Crippen LogP contribution is -2.49. The Balaban J connectivity index is 0.000000353. The van der Waals surface area contributed by atoms with Crippen LogP contribution in [0.4, 0.5) is 5.82 Å². The van der Waals surface area contributed by atoms with Crippen molar-refractivity contribution in [1.29, 1.82) is 0 Å². The zero-order chi connectivity index (χ0) is 29.2. The van der Waals surface area contributed by atoms with E-state index in [0.717, 1.165) is 44.6 Å². The second kappa shape index (κ2) is 18.5. The topological polar surface area (TPSA) is 181 Å². The Kier molecular flexibility index (Phi) is 15.8. The Morgan fingerprint density at radius 1 is 0.872 bits per heavy atom. The molecule has 0 atom stereocenters. The summed E-state index contributed by atoms with van der Waals surface area (Å²) in [5, 5.41) is 35.9. The third kappa shape index (κ3) is 15.3. The van der Waals surface area contributed by atoms with Crippen LogP contribution in [0.2, 0.25) is 0 Å². The average Bonchev–Trinajstić information content (AvgIpc) is 2.90. The van der Waals surface area contributed by atoms with Crippen molar-refractivity contribution in [3.05, 3.63) is 47.7 Å². The van der Waals surface area contributed by atoms with Gasteiger partial charge >= 0.3 is 23.9 Å². The van der Waals surface area contributed by atoms with Gasteiger partial charge in [-0.15, -0.1) is 0 Å². The third-order valence-electron chi connectivity index (χ3n) is 6.17. The lowest BCUT2D eigenvalue weighted by molar-refractivity contribution is -0.135. The first-order valence-corrected chi connectivity index (χ1v) is 12.9. The van der Waals surface area contributed by atoms with Crippen molar-refractivity contribution < 1.29 is 39.6 Å². The zero-order valence-electron chi connectivity index (χ0n) is 22.6. The summed E-state index contributed by atoms with van der Waals surface area (Å²) < 4.78 is 0. The number of piperazine rings is 1. The number of nitrogens with one attached hydrogen (secondary N) is 1. The number of hydrogen-bond donors (Lipinski definition) is 5. The first kappa shape index (κ1) is 33.3. The van der Waals surface area contributed by atoms with Crippen LogP contribution in [-0.4, -0.2) is 99.5 Å². The molecule has 5 N–H and O–H groups in total. The van der Waals surface area contributed by atoms with E-state index < -0.39 is 23.9 Å². The highest BCUT2D eigenvalue weighted by Crippen LogP contribution is 2.17. The molecular formula is C27H40N4O8. The van der Waals surface area contributed by atoms with Crippen molar-refractivity contribution >= 4 is 29.7 Å². The van der Waals surface area contributed by atoms with Gasteiger partial charge in [-0.25, -0.2) is 24.2 Å². The van der Waals surface area contributed by atoms with E-state index in [-0.39, 0.29) is 11.1 Å². The molecule has 1 aliphatic heterocycles. The average molecular weight is 549 g/mol. The van der Waals surface area contributed by atoms with Crippen LogP contribution in [0.3, 0.4) is 0 Å². The van der Waals surface area contributed by atoms with Crippen LogP contribution < -0.4 is 10.2 Å². The number of anilines is 1. The normalized spacial score (nSPS) is 16.7. The second-order valence-corrected chi connectivity index (χ2v) is 9.25. The fourth-order valence-electron chi connectivity index (χ4n) is 3.97. The number of carboxylic acid groups (broad SMARTS) is 4. The van der Waals surface area contributed by atoms with Crippen molar-refractivity contribution in [3.63, 3.8) is 0 Å². The largest absolute Gasteiger partial charge is 0.478 e. The molecule has 0 aromatic carbocycles. The van der Waals surface area contributed by atoms with E-state index in [1.54, 1.807) is 0 Å². The molecule has 1 saturated carbocycles. The minimum Gasteiger partial charge on any atom is -0.478 e. The number of nitrogens with zero attached hydrogens (tertiary/aromatic N) is 3. The number of aliphatic carboxylic acids is 4. The van der Waals surface area contributed by atoms with Crippen molar-refractivity contribution in [2.24, 2.45) is 0 Å². The Labute approximate surface area is 228 Å². The van der Waals surface area contributed by atoms with Crippen LogP contribution in [0.1, 0.15) is 46.0 Å². The van der Waals surface area contributed by atoms with Gasteiger partial charge < -0.3 is 30.6 Å². The summed E-state index contributed by atoms with van der Waals surface area (Å²) in [6.07, 6.45) is 10.2. The summed E-state index contributed by atoms with van der Waals surface area (Å²) in [5.41, 5.74) is -0.356. The minimum absolute atomic E-state index is 0.178. The lowest BCUT2D eigenvalue weighted by atomic mass is 9.95. The molecule has 2 aliphatic rings.